The summed E-state index contributed by atoms with van der Waals surface area (Å²) in [7, 11) is 1.62. The van der Waals surface area contributed by atoms with E-state index >= 15 is 0 Å². The molecule has 6 nitrogen and oxygen atoms in total. The summed E-state index contributed by atoms with van der Waals surface area (Å²) < 4.78 is 12.7. The Bertz CT molecular complexity index is 1810. The van der Waals surface area contributed by atoms with Crippen molar-refractivity contribution < 1.29 is 19.4 Å². The minimum atomic E-state index is -1.06. The van der Waals surface area contributed by atoms with Gasteiger partial charge in [-0.3, -0.25) is 10.1 Å². The summed E-state index contributed by atoms with van der Waals surface area (Å²) in [6.45, 7) is 7.68. The van der Waals surface area contributed by atoms with E-state index in [1.807, 2.05) is 101 Å². The Hall–Kier alpha value is -3.23. The summed E-state index contributed by atoms with van der Waals surface area (Å²) in [4.78, 5) is 18.8. The average molecular weight is 690 g/mol. The van der Waals surface area contributed by atoms with Gasteiger partial charge < -0.3 is 14.6 Å². The lowest BCUT2D eigenvalue weighted by Gasteiger charge is -2.53. The van der Waals surface area contributed by atoms with E-state index in [1.165, 1.54) is 0 Å². The van der Waals surface area contributed by atoms with Gasteiger partial charge in [0.05, 0.1) is 28.8 Å². The van der Waals surface area contributed by atoms with Crippen molar-refractivity contribution in [3.63, 3.8) is 0 Å². The van der Waals surface area contributed by atoms with E-state index in [0.717, 1.165) is 48.9 Å². The molecule has 45 heavy (non-hydrogen) atoms. The van der Waals surface area contributed by atoms with Crippen LogP contribution >= 0.6 is 27.5 Å². The topological polar surface area (TPSA) is 80.7 Å². The number of halogens is 2. The zero-order chi connectivity index (χ0) is 32.1. The summed E-state index contributed by atoms with van der Waals surface area (Å²) in [6.07, 6.45) is 3.32. The number of carbonyl (C=O) groups excluding carboxylic acids is 1. The summed E-state index contributed by atoms with van der Waals surface area (Å²) in [5.41, 5.74) is 3.68. The SMILES string of the molecule is COc1cccc(Cl)c1C1=CC2(C(=O)OC(C)(C)C)CCC1(NC(O)c1c(C)c(-c3ccccc3)nc3ccc(Br)cc13)CC2. The van der Waals surface area contributed by atoms with E-state index in [0.29, 0.717) is 36.5 Å². The number of nitrogens with zero attached hydrogens (tertiary/aromatic N) is 1. The molecule has 0 amide bonds. The Labute approximate surface area is 277 Å². The number of aliphatic hydroxyl groups is 1. The van der Waals surface area contributed by atoms with Crippen LogP contribution in [0.1, 0.15) is 69.4 Å². The van der Waals surface area contributed by atoms with Crippen molar-refractivity contribution in [3.8, 4) is 17.0 Å². The number of methoxy groups -OCH3 is 1. The van der Waals surface area contributed by atoms with Crippen molar-refractivity contribution in [2.45, 2.75) is 70.7 Å². The number of hydrogen-bond donors (Lipinski definition) is 2. The monoisotopic (exact) mass is 688 g/mol. The molecule has 234 valence electrons. The van der Waals surface area contributed by atoms with E-state index in [9.17, 15) is 9.90 Å². The third kappa shape index (κ3) is 5.80. The number of benzene rings is 3. The van der Waals surface area contributed by atoms with Crippen molar-refractivity contribution in [2.75, 3.05) is 7.11 Å². The van der Waals surface area contributed by atoms with Gasteiger partial charge in [0.25, 0.3) is 0 Å². The number of ether oxygens (including phenoxy) is 2. The fraction of sp³-hybridized carbons (Fsp3) is 0.351. The molecule has 3 aromatic carbocycles. The van der Waals surface area contributed by atoms with E-state index in [1.54, 1.807) is 7.11 Å². The van der Waals surface area contributed by atoms with Crippen LogP contribution in [0.3, 0.4) is 0 Å². The first-order valence-electron chi connectivity index (χ1n) is 15.3. The summed E-state index contributed by atoms with van der Waals surface area (Å²) in [6, 6.07) is 21.5. The first kappa shape index (κ1) is 31.7. The molecular formula is C37H38BrClN2O4. The van der Waals surface area contributed by atoms with Crippen LogP contribution in [0.4, 0.5) is 0 Å². The number of pyridine rings is 1. The van der Waals surface area contributed by atoms with Gasteiger partial charge in [0, 0.05) is 32.1 Å². The zero-order valence-corrected chi connectivity index (χ0v) is 28.6. The number of aliphatic hydroxyl groups excluding tert-OH is 1. The minimum Gasteiger partial charge on any atom is -0.496 e. The predicted molar refractivity (Wildman–Crippen MR) is 183 cm³/mol. The van der Waals surface area contributed by atoms with Gasteiger partial charge in [0.1, 0.15) is 17.6 Å². The van der Waals surface area contributed by atoms with E-state index in [4.69, 9.17) is 26.1 Å². The van der Waals surface area contributed by atoms with Gasteiger partial charge in [-0.05, 0) is 94.8 Å². The van der Waals surface area contributed by atoms with Gasteiger partial charge in [-0.25, -0.2) is 4.98 Å². The molecule has 1 fully saturated rings. The highest BCUT2D eigenvalue weighted by molar-refractivity contribution is 9.10. The maximum absolute atomic E-state index is 13.7. The van der Waals surface area contributed by atoms with Gasteiger partial charge >= 0.3 is 5.97 Å². The average Bonchev–Trinajstić information content (AvgIpc) is 3.00. The Balaban J connectivity index is 1.51. The van der Waals surface area contributed by atoms with Crippen molar-refractivity contribution >= 4 is 50.0 Å². The summed E-state index contributed by atoms with van der Waals surface area (Å²) in [5, 5.41) is 17.3. The Morgan fingerprint density at radius 1 is 1.04 bits per heavy atom. The van der Waals surface area contributed by atoms with E-state index < -0.39 is 22.8 Å². The van der Waals surface area contributed by atoms with Crippen LogP contribution in [0.25, 0.3) is 27.7 Å². The van der Waals surface area contributed by atoms with Crippen LogP contribution in [0, 0.1) is 12.3 Å². The Morgan fingerprint density at radius 2 is 1.76 bits per heavy atom. The predicted octanol–water partition coefficient (Wildman–Crippen LogP) is 8.95. The second-order valence-electron chi connectivity index (χ2n) is 13.2. The molecule has 0 radical (unpaired) electrons. The van der Waals surface area contributed by atoms with Gasteiger partial charge in [0.2, 0.25) is 0 Å². The fourth-order valence-corrected chi connectivity index (χ4v) is 7.61. The van der Waals surface area contributed by atoms with Crippen LogP contribution in [0.5, 0.6) is 5.75 Å². The highest BCUT2D eigenvalue weighted by Gasteiger charge is 2.55. The van der Waals surface area contributed by atoms with Crippen molar-refractivity contribution in [1.29, 1.82) is 0 Å². The molecule has 0 aliphatic heterocycles. The molecule has 0 saturated heterocycles. The number of aromatic nitrogens is 1. The number of esters is 1. The number of fused-ring (bicyclic) bond motifs is 3. The molecule has 1 aromatic heterocycles. The van der Waals surface area contributed by atoms with Crippen LogP contribution in [-0.2, 0) is 9.53 Å². The maximum Gasteiger partial charge on any atom is 0.316 e. The molecule has 1 unspecified atom stereocenters. The second kappa shape index (κ2) is 11.8. The first-order valence-corrected chi connectivity index (χ1v) is 16.4. The number of hydrogen-bond acceptors (Lipinski definition) is 6. The normalized spacial score (nSPS) is 21.8. The number of nitrogens with one attached hydrogen (secondary N) is 1. The summed E-state index contributed by atoms with van der Waals surface area (Å²) >= 11 is 10.5. The molecule has 8 heteroatoms. The van der Waals surface area contributed by atoms with Crippen LogP contribution in [0.2, 0.25) is 5.02 Å². The highest BCUT2D eigenvalue weighted by atomic mass is 79.9. The van der Waals surface area contributed by atoms with Gasteiger partial charge in [0.15, 0.2) is 0 Å². The molecule has 2 N–H and O–H groups in total. The van der Waals surface area contributed by atoms with Crippen molar-refractivity contribution in [3.05, 3.63) is 99.0 Å². The van der Waals surface area contributed by atoms with Crippen molar-refractivity contribution in [1.82, 2.24) is 10.3 Å². The lowest BCUT2D eigenvalue weighted by atomic mass is 9.57. The Kier molecular flexibility index (Phi) is 8.36. The van der Waals surface area contributed by atoms with Gasteiger partial charge in [-0.2, -0.15) is 0 Å². The molecule has 2 bridgehead atoms. The first-order chi connectivity index (χ1) is 21.4. The van der Waals surface area contributed by atoms with Gasteiger partial charge in [-0.1, -0.05) is 70.0 Å². The molecule has 1 heterocycles. The van der Waals surface area contributed by atoms with Crippen LogP contribution in [-0.4, -0.2) is 34.3 Å². The molecule has 7 rings (SSSR count). The van der Waals surface area contributed by atoms with Crippen molar-refractivity contribution in [2.24, 2.45) is 5.41 Å². The third-order valence-corrected chi connectivity index (χ3v) is 9.98. The number of rotatable bonds is 7. The molecule has 1 atom stereocenters. The maximum atomic E-state index is 13.7. The zero-order valence-electron chi connectivity index (χ0n) is 26.2. The minimum absolute atomic E-state index is 0.235. The van der Waals surface area contributed by atoms with E-state index in [-0.39, 0.29) is 5.97 Å². The summed E-state index contributed by atoms with van der Waals surface area (Å²) in [5.74, 6) is 0.373. The molecule has 3 aliphatic carbocycles. The molecule has 1 saturated carbocycles. The smallest absolute Gasteiger partial charge is 0.316 e. The second-order valence-corrected chi connectivity index (χ2v) is 14.5. The van der Waals surface area contributed by atoms with Gasteiger partial charge in [-0.15, -0.1) is 0 Å². The molecule has 4 aromatic rings. The number of carbonyl (C=O) groups is 1. The largest absolute Gasteiger partial charge is 0.496 e. The Morgan fingerprint density at radius 3 is 2.42 bits per heavy atom. The lowest BCUT2D eigenvalue weighted by molar-refractivity contribution is -0.167. The molecule has 3 aliphatic rings. The lowest BCUT2D eigenvalue weighted by Crippen LogP contribution is -2.57. The fourth-order valence-electron chi connectivity index (χ4n) is 6.98. The standard InChI is InChI=1S/C37H38BrClN2O4/c1-22-30(25-20-24(38)14-15-28(25)40-32(22)23-10-7-6-8-11-23)33(42)41-37-18-16-36(17-19-37,34(43)45-35(2,3)4)21-26(37)31-27(39)12-9-13-29(31)44-5/h6-15,20-21,33,41-42H,16-19H2,1-5H3. The molecular weight excluding hydrogens is 652 g/mol. The van der Waals surface area contributed by atoms with E-state index in [2.05, 4.69) is 21.2 Å². The highest BCUT2D eigenvalue weighted by Crippen LogP contribution is 2.57. The molecule has 0 spiro atoms. The third-order valence-electron chi connectivity index (χ3n) is 9.18. The quantitative estimate of drug-likeness (QED) is 0.149. The van der Waals surface area contributed by atoms with Crippen LogP contribution in [0.15, 0.2) is 77.3 Å². The van der Waals surface area contributed by atoms with Crippen LogP contribution < -0.4 is 10.1 Å².